The van der Waals surface area contributed by atoms with Crippen LogP contribution in [0.25, 0.3) is 0 Å². The summed E-state index contributed by atoms with van der Waals surface area (Å²) in [5.41, 5.74) is 0. The minimum atomic E-state index is 0.692. The molecular formula is C5H11N2. The lowest BCUT2D eigenvalue weighted by Gasteiger charge is -2.33. The fourth-order valence-corrected chi connectivity index (χ4v) is 0.542. The van der Waals surface area contributed by atoms with Crippen LogP contribution in [-0.2, 0) is 0 Å². The van der Waals surface area contributed by atoms with Gasteiger partial charge in [0.2, 0.25) is 0 Å². The van der Waals surface area contributed by atoms with Crippen LogP contribution in [0.5, 0.6) is 0 Å². The van der Waals surface area contributed by atoms with Crippen molar-refractivity contribution in [1.82, 2.24) is 10.2 Å². The maximum absolute atomic E-state index is 4.05. The van der Waals surface area contributed by atoms with E-state index in [9.17, 15) is 0 Å². The van der Waals surface area contributed by atoms with Crippen molar-refractivity contribution in [2.45, 2.75) is 19.9 Å². The zero-order valence-electron chi connectivity index (χ0n) is 4.89. The van der Waals surface area contributed by atoms with Gasteiger partial charge >= 0.3 is 0 Å². The lowest BCUT2D eigenvalue weighted by atomic mass is 10.3. The number of hydrogen-bond donors (Lipinski definition) is 0. The fraction of sp³-hybridized carbons (Fsp3) is 1.00. The minimum Gasteiger partial charge on any atom is -0.272 e. The van der Waals surface area contributed by atoms with Gasteiger partial charge in [-0.05, 0) is 13.8 Å². The van der Waals surface area contributed by atoms with E-state index >= 15 is 0 Å². The van der Waals surface area contributed by atoms with E-state index in [1.165, 1.54) is 0 Å². The molecule has 0 atom stereocenters. The molecule has 1 heterocycles. The minimum absolute atomic E-state index is 0.692. The second kappa shape index (κ2) is 1.80. The first-order valence-electron chi connectivity index (χ1n) is 2.68. The van der Waals surface area contributed by atoms with E-state index in [-0.39, 0.29) is 0 Å². The SMILES string of the molecule is CC(C)N1C[N]C1. The third kappa shape index (κ3) is 0.924. The highest BCUT2D eigenvalue weighted by Crippen LogP contribution is 2.00. The Morgan fingerprint density at radius 3 is 2.00 bits per heavy atom. The number of hydrogen-bond acceptors (Lipinski definition) is 1. The Morgan fingerprint density at radius 1 is 1.43 bits per heavy atom. The predicted molar refractivity (Wildman–Crippen MR) is 28.8 cm³/mol. The summed E-state index contributed by atoms with van der Waals surface area (Å²) in [5.74, 6) is 0. The molecule has 0 aromatic heterocycles. The van der Waals surface area contributed by atoms with Crippen molar-refractivity contribution in [2.75, 3.05) is 13.3 Å². The first-order valence-corrected chi connectivity index (χ1v) is 2.68. The molecule has 0 aromatic rings. The summed E-state index contributed by atoms with van der Waals surface area (Å²) in [6.07, 6.45) is 0. The molecule has 1 rings (SSSR count). The lowest BCUT2D eigenvalue weighted by molar-refractivity contribution is 0.0953. The van der Waals surface area contributed by atoms with Crippen molar-refractivity contribution < 1.29 is 0 Å². The normalized spacial score (nSPS) is 22.7. The molecule has 41 valence electrons. The van der Waals surface area contributed by atoms with Gasteiger partial charge in [0, 0.05) is 6.04 Å². The van der Waals surface area contributed by atoms with Gasteiger partial charge in [-0.3, -0.25) is 4.90 Å². The van der Waals surface area contributed by atoms with Crippen LogP contribution in [0.3, 0.4) is 0 Å². The molecule has 1 radical (unpaired) electrons. The van der Waals surface area contributed by atoms with Crippen molar-refractivity contribution in [1.29, 1.82) is 0 Å². The van der Waals surface area contributed by atoms with Gasteiger partial charge in [0.25, 0.3) is 0 Å². The smallest absolute Gasteiger partial charge is 0.0677 e. The van der Waals surface area contributed by atoms with Crippen LogP contribution >= 0.6 is 0 Å². The molecule has 1 saturated heterocycles. The monoisotopic (exact) mass is 99.1 g/mol. The van der Waals surface area contributed by atoms with Gasteiger partial charge in [-0.1, -0.05) is 0 Å². The fourth-order valence-electron chi connectivity index (χ4n) is 0.542. The molecule has 0 aliphatic carbocycles. The van der Waals surface area contributed by atoms with Crippen molar-refractivity contribution in [3.8, 4) is 0 Å². The van der Waals surface area contributed by atoms with Gasteiger partial charge < -0.3 is 0 Å². The van der Waals surface area contributed by atoms with Gasteiger partial charge in [0.1, 0.15) is 0 Å². The van der Waals surface area contributed by atoms with Crippen molar-refractivity contribution in [3.63, 3.8) is 0 Å². The third-order valence-electron chi connectivity index (χ3n) is 1.29. The number of nitrogens with zero attached hydrogens (tertiary/aromatic N) is 2. The highest BCUT2D eigenvalue weighted by atomic mass is 15.4. The zero-order valence-corrected chi connectivity index (χ0v) is 4.89. The van der Waals surface area contributed by atoms with Gasteiger partial charge in [-0.2, -0.15) is 0 Å². The van der Waals surface area contributed by atoms with Gasteiger partial charge in [-0.25, -0.2) is 5.32 Å². The Labute approximate surface area is 44.5 Å². The van der Waals surface area contributed by atoms with Crippen molar-refractivity contribution in [2.24, 2.45) is 0 Å². The Hall–Kier alpha value is -0.0800. The lowest BCUT2D eigenvalue weighted by Crippen LogP contribution is -2.50. The van der Waals surface area contributed by atoms with E-state index in [0.717, 1.165) is 13.3 Å². The topological polar surface area (TPSA) is 17.3 Å². The van der Waals surface area contributed by atoms with E-state index in [0.29, 0.717) is 6.04 Å². The van der Waals surface area contributed by atoms with Crippen LogP contribution in [-0.4, -0.2) is 24.3 Å². The molecule has 2 heteroatoms. The largest absolute Gasteiger partial charge is 0.272 e. The van der Waals surface area contributed by atoms with E-state index < -0.39 is 0 Å². The van der Waals surface area contributed by atoms with Crippen LogP contribution in [0.2, 0.25) is 0 Å². The molecule has 0 amide bonds. The maximum atomic E-state index is 4.05. The van der Waals surface area contributed by atoms with Gasteiger partial charge in [0.05, 0.1) is 13.3 Å². The molecule has 0 N–H and O–H groups in total. The molecule has 1 fully saturated rings. The standard InChI is InChI=1S/C5H11N2/c1-5(2)7-3-6-4-7/h5H,3-4H2,1-2H3. The molecule has 0 unspecified atom stereocenters. The molecular weight excluding hydrogens is 88.1 g/mol. The van der Waals surface area contributed by atoms with Crippen LogP contribution < -0.4 is 5.32 Å². The molecule has 2 nitrogen and oxygen atoms in total. The second-order valence-electron chi connectivity index (χ2n) is 2.19. The summed E-state index contributed by atoms with van der Waals surface area (Å²) >= 11 is 0. The second-order valence-corrected chi connectivity index (χ2v) is 2.19. The Balaban J connectivity index is 2.14. The quantitative estimate of drug-likeness (QED) is 0.460. The van der Waals surface area contributed by atoms with Gasteiger partial charge in [-0.15, -0.1) is 0 Å². The number of rotatable bonds is 1. The van der Waals surface area contributed by atoms with E-state index in [2.05, 4.69) is 24.1 Å². The summed E-state index contributed by atoms with van der Waals surface area (Å²) < 4.78 is 0. The Bertz CT molecular complexity index is 57.1. The Kier molecular flexibility index (Phi) is 1.30. The highest BCUT2D eigenvalue weighted by molar-refractivity contribution is 4.66. The zero-order chi connectivity index (χ0) is 5.28. The van der Waals surface area contributed by atoms with Crippen LogP contribution in [0.1, 0.15) is 13.8 Å². The summed E-state index contributed by atoms with van der Waals surface area (Å²) in [4.78, 5) is 2.31. The molecule has 0 aromatic carbocycles. The van der Waals surface area contributed by atoms with Gasteiger partial charge in [0.15, 0.2) is 0 Å². The molecule has 1 aliphatic rings. The Morgan fingerprint density at radius 2 is 2.00 bits per heavy atom. The summed E-state index contributed by atoms with van der Waals surface area (Å²) in [6, 6.07) is 0.692. The molecule has 1 aliphatic heterocycles. The molecule has 7 heavy (non-hydrogen) atoms. The van der Waals surface area contributed by atoms with E-state index in [1.807, 2.05) is 0 Å². The maximum Gasteiger partial charge on any atom is 0.0677 e. The van der Waals surface area contributed by atoms with Crippen molar-refractivity contribution in [3.05, 3.63) is 0 Å². The third-order valence-corrected chi connectivity index (χ3v) is 1.29. The van der Waals surface area contributed by atoms with Crippen LogP contribution in [0.4, 0.5) is 0 Å². The summed E-state index contributed by atoms with van der Waals surface area (Å²) in [6.45, 7) is 6.29. The average Bonchev–Trinajstić information content (AvgIpc) is 1.23. The first kappa shape index (κ1) is 5.06. The van der Waals surface area contributed by atoms with Crippen LogP contribution in [0, 0.1) is 0 Å². The average molecular weight is 99.2 g/mol. The van der Waals surface area contributed by atoms with Crippen molar-refractivity contribution >= 4 is 0 Å². The highest BCUT2D eigenvalue weighted by Gasteiger charge is 2.16. The van der Waals surface area contributed by atoms with E-state index in [1.54, 1.807) is 0 Å². The molecule has 0 saturated carbocycles. The van der Waals surface area contributed by atoms with Crippen LogP contribution in [0.15, 0.2) is 0 Å². The first-order chi connectivity index (χ1) is 3.30. The summed E-state index contributed by atoms with van der Waals surface area (Å²) in [5, 5.41) is 4.05. The van der Waals surface area contributed by atoms with E-state index in [4.69, 9.17) is 0 Å². The predicted octanol–water partition coefficient (Wildman–Crippen LogP) is 0.230. The molecule has 0 bridgehead atoms. The molecule has 0 spiro atoms. The summed E-state index contributed by atoms with van der Waals surface area (Å²) in [7, 11) is 0.